The largest absolute Gasteiger partial charge is 0.485 e. The minimum absolute atomic E-state index is 0.176. The Kier molecular flexibility index (Phi) is 4.29. The predicted molar refractivity (Wildman–Crippen MR) is 109 cm³/mol. The van der Waals surface area contributed by atoms with Crippen LogP contribution in [0.25, 0.3) is 11.0 Å². The second-order valence-corrected chi connectivity index (χ2v) is 8.11. The molecule has 5 rings (SSSR count). The summed E-state index contributed by atoms with van der Waals surface area (Å²) < 4.78 is 13.6. The number of fused-ring (bicyclic) bond motifs is 2. The molecule has 2 aromatic carbocycles. The molecule has 6 nitrogen and oxygen atoms in total. The molecule has 0 amide bonds. The molecule has 8 heteroatoms. The van der Waals surface area contributed by atoms with E-state index in [0.29, 0.717) is 33.4 Å². The van der Waals surface area contributed by atoms with Gasteiger partial charge in [0.1, 0.15) is 6.61 Å². The lowest BCUT2D eigenvalue weighted by molar-refractivity contribution is 0.0852. The van der Waals surface area contributed by atoms with Crippen molar-refractivity contribution in [3.05, 3.63) is 74.8 Å². The predicted octanol–water partition coefficient (Wildman–Crippen LogP) is 2.93. The molecule has 0 fully saturated rings. The molecule has 28 heavy (non-hydrogen) atoms. The quantitative estimate of drug-likeness (QED) is 0.485. The molecule has 0 saturated heterocycles. The molecule has 1 aliphatic heterocycles. The van der Waals surface area contributed by atoms with Crippen LogP contribution >= 0.6 is 23.1 Å². The van der Waals surface area contributed by atoms with Gasteiger partial charge in [0, 0.05) is 4.90 Å². The summed E-state index contributed by atoms with van der Waals surface area (Å²) in [7, 11) is 0. The Morgan fingerprint density at radius 2 is 1.96 bits per heavy atom. The first kappa shape index (κ1) is 17.3. The standard InChI is InChI=1S/C20H15N3O3S2/c1-27-13-8-6-12(7-9-13)10-17-19(24)23-20(28-17)21-18(22-23)16-11-25-14-4-2-3-5-15(14)26-16/h2-10,16H,11H2,1H3/b17-10-/t16-/m1/s1. The maximum atomic E-state index is 12.7. The molecule has 0 saturated carbocycles. The molecule has 0 unspecified atom stereocenters. The summed E-state index contributed by atoms with van der Waals surface area (Å²) in [5.41, 5.74) is 0.796. The molecule has 0 spiro atoms. The van der Waals surface area contributed by atoms with E-state index in [4.69, 9.17) is 9.47 Å². The maximum absolute atomic E-state index is 12.7. The maximum Gasteiger partial charge on any atom is 0.291 e. The zero-order chi connectivity index (χ0) is 19.1. The lowest BCUT2D eigenvalue weighted by Crippen LogP contribution is -2.26. The minimum atomic E-state index is -0.437. The smallest absolute Gasteiger partial charge is 0.291 e. The van der Waals surface area contributed by atoms with Crippen LogP contribution in [0.1, 0.15) is 17.5 Å². The van der Waals surface area contributed by atoms with E-state index in [-0.39, 0.29) is 5.56 Å². The summed E-state index contributed by atoms with van der Waals surface area (Å²) in [5, 5.41) is 4.37. The molecule has 0 aliphatic carbocycles. The van der Waals surface area contributed by atoms with Gasteiger partial charge in [-0.2, -0.15) is 9.50 Å². The Labute approximate surface area is 168 Å². The monoisotopic (exact) mass is 409 g/mol. The molecular weight excluding hydrogens is 394 g/mol. The van der Waals surface area contributed by atoms with E-state index in [1.807, 2.05) is 60.9 Å². The first-order chi connectivity index (χ1) is 13.7. The number of nitrogens with zero attached hydrogens (tertiary/aromatic N) is 3. The molecule has 0 bridgehead atoms. The highest BCUT2D eigenvalue weighted by Gasteiger charge is 2.26. The summed E-state index contributed by atoms with van der Waals surface area (Å²) in [6, 6.07) is 15.5. The zero-order valence-corrected chi connectivity index (χ0v) is 16.5. The molecule has 0 radical (unpaired) electrons. The van der Waals surface area contributed by atoms with E-state index < -0.39 is 6.10 Å². The fourth-order valence-electron chi connectivity index (χ4n) is 2.98. The third-order valence-corrected chi connectivity index (χ3v) is 6.11. The van der Waals surface area contributed by atoms with Crippen LogP contribution < -0.4 is 19.6 Å². The van der Waals surface area contributed by atoms with Crippen molar-refractivity contribution in [1.29, 1.82) is 0 Å². The number of thiazole rings is 1. The van der Waals surface area contributed by atoms with Crippen molar-refractivity contribution in [2.45, 2.75) is 11.0 Å². The lowest BCUT2D eigenvalue weighted by atomic mass is 10.2. The highest BCUT2D eigenvalue weighted by Crippen LogP contribution is 2.35. The van der Waals surface area contributed by atoms with Crippen molar-refractivity contribution in [3.8, 4) is 11.5 Å². The van der Waals surface area contributed by atoms with Gasteiger partial charge in [-0.15, -0.1) is 16.9 Å². The van der Waals surface area contributed by atoms with Gasteiger partial charge in [0.15, 0.2) is 23.4 Å². The molecular formula is C20H15N3O3S2. The van der Waals surface area contributed by atoms with Crippen LogP contribution in [0.3, 0.4) is 0 Å². The zero-order valence-electron chi connectivity index (χ0n) is 14.9. The average molecular weight is 409 g/mol. The molecule has 4 aromatic rings. The van der Waals surface area contributed by atoms with E-state index in [9.17, 15) is 4.79 Å². The summed E-state index contributed by atoms with van der Waals surface area (Å²) >= 11 is 3.00. The minimum Gasteiger partial charge on any atom is -0.485 e. The van der Waals surface area contributed by atoms with E-state index >= 15 is 0 Å². The van der Waals surface area contributed by atoms with Gasteiger partial charge in [0.2, 0.25) is 4.96 Å². The van der Waals surface area contributed by atoms with Gasteiger partial charge in [0.05, 0.1) is 4.53 Å². The van der Waals surface area contributed by atoms with Crippen LogP contribution in [0, 0.1) is 0 Å². The lowest BCUT2D eigenvalue weighted by Gasteiger charge is -2.24. The van der Waals surface area contributed by atoms with E-state index in [2.05, 4.69) is 10.1 Å². The van der Waals surface area contributed by atoms with Gasteiger partial charge in [-0.05, 0) is 42.2 Å². The van der Waals surface area contributed by atoms with Crippen molar-refractivity contribution in [2.24, 2.45) is 0 Å². The van der Waals surface area contributed by atoms with Gasteiger partial charge >= 0.3 is 0 Å². The molecule has 3 heterocycles. The third-order valence-electron chi connectivity index (χ3n) is 4.41. The molecule has 1 aliphatic rings. The number of aromatic nitrogens is 3. The highest BCUT2D eigenvalue weighted by molar-refractivity contribution is 7.98. The molecule has 0 N–H and O–H groups in total. The summed E-state index contributed by atoms with van der Waals surface area (Å²) in [4.78, 5) is 18.9. The summed E-state index contributed by atoms with van der Waals surface area (Å²) in [6.07, 6.45) is 3.46. The Hall–Kier alpha value is -2.84. The Bertz CT molecular complexity index is 1260. The normalized spacial score (nSPS) is 16.6. The molecule has 140 valence electrons. The van der Waals surface area contributed by atoms with Crippen LogP contribution in [0.5, 0.6) is 11.5 Å². The van der Waals surface area contributed by atoms with Crippen LogP contribution in [0.4, 0.5) is 0 Å². The first-order valence-electron chi connectivity index (χ1n) is 8.65. The third kappa shape index (κ3) is 3.04. The Morgan fingerprint density at radius 1 is 1.18 bits per heavy atom. The number of hydrogen-bond donors (Lipinski definition) is 0. The van der Waals surface area contributed by atoms with Crippen molar-refractivity contribution < 1.29 is 9.47 Å². The van der Waals surface area contributed by atoms with Crippen LogP contribution in [-0.2, 0) is 0 Å². The van der Waals surface area contributed by atoms with Crippen LogP contribution in [0.15, 0.2) is 58.2 Å². The highest BCUT2D eigenvalue weighted by atomic mass is 32.2. The van der Waals surface area contributed by atoms with Crippen LogP contribution in [-0.4, -0.2) is 27.5 Å². The van der Waals surface area contributed by atoms with Gasteiger partial charge in [0.25, 0.3) is 5.56 Å². The van der Waals surface area contributed by atoms with Crippen molar-refractivity contribution in [1.82, 2.24) is 14.6 Å². The number of benzene rings is 2. The number of para-hydroxylation sites is 2. The number of hydrogen-bond acceptors (Lipinski definition) is 7. The average Bonchev–Trinajstić information content (AvgIpc) is 3.28. The topological polar surface area (TPSA) is 65.7 Å². The Morgan fingerprint density at radius 3 is 2.71 bits per heavy atom. The fraction of sp³-hybridized carbons (Fsp3) is 0.150. The van der Waals surface area contributed by atoms with E-state index in [0.717, 1.165) is 5.56 Å². The van der Waals surface area contributed by atoms with Crippen molar-refractivity contribution in [3.63, 3.8) is 0 Å². The number of thioether (sulfide) groups is 1. The van der Waals surface area contributed by atoms with Gasteiger partial charge in [-0.25, -0.2) is 0 Å². The van der Waals surface area contributed by atoms with Gasteiger partial charge in [-0.3, -0.25) is 4.79 Å². The van der Waals surface area contributed by atoms with Crippen molar-refractivity contribution in [2.75, 3.05) is 12.9 Å². The van der Waals surface area contributed by atoms with Gasteiger partial charge < -0.3 is 9.47 Å². The van der Waals surface area contributed by atoms with Gasteiger partial charge in [-0.1, -0.05) is 35.6 Å². The molecule has 1 atom stereocenters. The van der Waals surface area contributed by atoms with E-state index in [1.54, 1.807) is 11.8 Å². The Balaban J connectivity index is 1.47. The first-order valence-corrected chi connectivity index (χ1v) is 10.7. The summed E-state index contributed by atoms with van der Waals surface area (Å²) in [5.74, 6) is 1.81. The summed E-state index contributed by atoms with van der Waals surface area (Å²) in [6.45, 7) is 0.309. The fourth-order valence-corrected chi connectivity index (χ4v) is 4.31. The second-order valence-electron chi connectivity index (χ2n) is 6.22. The number of ether oxygens (including phenoxy) is 2. The van der Waals surface area contributed by atoms with Crippen molar-refractivity contribution >= 4 is 34.1 Å². The molecule has 2 aromatic heterocycles. The second kappa shape index (κ2) is 6.96. The SMILES string of the molecule is CSc1ccc(/C=c2\sc3nc([C@H]4COc5ccccc5O4)nn3c2=O)cc1. The van der Waals surface area contributed by atoms with Crippen LogP contribution in [0.2, 0.25) is 0 Å². The van der Waals surface area contributed by atoms with E-state index in [1.165, 1.54) is 20.7 Å². The number of rotatable bonds is 3.